The Morgan fingerprint density at radius 2 is 1.84 bits per heavy atom. The van der Waals surface area contributed by atoms with Crippen LogP contribution in [0.25, 0.3) is 0 Å². The number of carbonyl (C=O) groups is 1. The van der Waals surface area contributed by atoms with Crippen molar-refractivity contribution in [1.29, 1.82) is 0 Å². The summed E-state index contributed by atoms with van der Waals surface area (Å²) in [6.07, 6.45) is 2.14. The van der Waals surface area contributed by atoms with Crippen molar-refractivity contribution >= 4 is 21.6 Å². The number of anilines is 1. The summed E-state index contributed by atoms with van der Waals surface area (Å²) in [7, 11) is -0.553. The first kappa shape index (κ1) is 19.7. The second-order valence-corrected chi connectivity index (χ2v) is 9.97. The molecule has 0 radical (unpaired) electrons. The third-order valence-corrected chi connectivity index (χ3v) is 6.76. The van der Waals surface area contributed by atoms with Gasteiger partial charge in [0, 0.05) is 19.8 Å². The van der Waals surface area contributed by atoms with Crippen molar-refractivity contribution in [2.45, 2.75) is 39.5 Å². The molecule has 1 N–H and O–H groups in total. The Labute approximate surface area is 151 Å². The largest absolute Gasteiger partial charge is 0.326 e. The summed E-state index contributed by atoms with van der Waals surface area (Å²) < 4.78 is 25.8. The molecule has 0 aromatic heterocycles. The lowest BCUT2D eigenvalue weighted by Gasteiger charge is -2.14. The first-order valence-electron chi connectivity index (χ1n) is 8.38. The molecule has 2 atom stereocenters. The van der Waals surface area contributed by atoms with Crippen LogP contribution in [0.5, 0.6) is 0 Å². The van der Waals surface area contributed by atoms with E-state index >= 15 is 0 Å². The summed E-state index contributed by atoms with van der Waals surface area (Å²) in [4.78, 5) is 12.9. The van der Waals surface area contributed by atoms with Gasteiger partial charge in [-0.05, 0) is 49.8 Å². The lowest BCUT2D eigenvalue weighted by atomic mass is 10.1. The average molecular weight is 365 g/mol. The Hall–Kier alpha value is -1.66. The number of hydrogen-bond acceptors (Lipinski definition) is 3. The topological polar surface area (TPSA) is 66.5 Å². The molecule has 0 bridgehead atoms. The Balaban J connectivity index is 2.27. The molecule has 138 valence electrons. The van der Waals surface area contributed by atoms with E-state index in [0.717, 1.165) is 9.87 Å². The molecule has 0 heterocycles. The fourth-order valence-electron chi connectivity index (χ4n) is 3.17. The highest BCUT2D eigenvalue weighted by Gasteiger charge is 2.60. The highest BCUT2D eigenvalue weighted by molar-refractivity contribution is 7.89. The third-order valence-electron chi connectivity index (χ3n) is 4.95. The molecule has 1 aromatic rings. The molecule has 1 aliphatic rings. The van der Waals surface area contributed by atoms with E-state index in [9.17, 15) is 13.2 Å². The molecule has 25 heavy (non-hydrogen) atoms. The highest BCUT2D eigenvalue weighted by atomic mass is 32.2. The number of amides is 1. The molecule has 0 saturated heterocycles. The van der Waals surface area contributed by atoms with Gasteiger partial charge in [0.2, 0.25) is 15.9 Å². The van der Waals surface area contributed by atoms with Crippen LogP contribution in [-0.4, -0.2) is 32.7 Å². The summed E-state index contributed by atoms with van der Waals surface area (Å²) in [6.45, 7) is 10.1. The number of carbonyl (C=O) groups excluding carboxylic acids is 1. The number of rotatable bonds is 5. The fraction of sp³-hybridized carbons (Fsp3) is 0.526. The van der Waals surface area contributed by atoms with Crippen molar-refractivity contribution in [1.82, 2.24) is 4.31 Å². The van der Waals surface area contributed by atoms with Crippen LogP contribution in [-0.2, 0) is 14.8 Å². The normalized spacial score (nSPS) is 21.8. The van der Waals surface area contributed by atoms with Crippen molar-refractivity contribution in [3.05, 3.63) is 35.4 Å². The maximum atomic E-state index is 12.7. The molecule has 1 aromatic carbocycles. The number of nitrogens with one attached hydrogen (secondary N) is 1. The van der Waals surface area contributed by atoms with E-state index in [2.05, 4.69) is 25.2 Å². The maximum absolute atomic E-state index is 12.7. The zero-order chi connectivity index (χ0) is 19.2. The minimum absolute atomic E-state index is 0.0602. The number of sulfonamides is 1. The predicted octanol–water partition coefficient (Wildman–Crippen LogP) is 3.42. The van der Waals surface area contributed by atoms with Gasteiger partial charge in [0.25, 0.3) is 0 Å². The fourth-order valence-corrected chi connectivity index (χ4v) is 4.09. The highest BCUT2D eigenvalue weighted by Crippen LogP contribution is 2.59. The summed E-state index contributed by atoms with van der Waals surface area (Å²) in [6, 6.07) is 4.82. The van der Waals surface area contributed by atoms with Gasteiger partial charge >= 0.3 is 0 Å². The smallest absolute Gasteiger partial charge is 0.242 e. The molecule has 2 rings (SSSR count). The number of aryl methyl sites for hydroxylation is 1. The first-order valence-corrected chi connectivity index (χ1v) is 9.82. The average Bonchev–Trinajstić information content (AvgIpc) is 3.00. The van der Waals surface area contributed by atoms with Gasteiger partial charge in [-0.3, -0.25) is 4.79 Å². The Bertz CT molecular complexity index is 819. The molecule has 0 spiro atoms. The summed E-state index contributed by atoms with van der Waals surface area (Å²) >= 11 is 0. The van der Waals surface area contributed by atoms with Crippen molar-refractivity contribution in [2.24, 2.45) is 17.3 Å². The van der Waals surface area contributed by atoms with E-state index in [1.807, 2.05) is 20.8 Å². The predicted molar refractivity (Wildman–Crippen MR) is 101 cm³/mol. The van der Waals surface area contributed by atoms with Crippen LogP contribution in [0, 0.1) is 24.2 Å². The Morgan fingerprint density at radius 1 is 1.24 bits per heavy atom. The van der Waals surface area contributed by atoms with Crippen LogP contribution in [0.15, 0.2) is 34.7 Å². The summed E-state index contributed by atoms with van der Waals surface area (Å²) in [5, 5.41) is 2.93. The minimum atomic E-state index is -3.53. The van der Waals surface area contributed by atoms with Crippen molar-refractivity contribution < 1.29 is 13.2 Å². The zero-order valence-electron chi connectivity index (χ0n) is 16.0. The van der Waals surface area contributed by atoms with Crippen molar-refractivity contribution in [3.63, 3.8) is 0 Å². The molecule has 1 aliphatic carbocycles. The van der Waals surface area contributed by atoms with Crippen molar-refractivity contribution in [2.75, 3.05) is 19.4 Å². The molecule has 5 nitrogen and oxygen atoms in total. The third kappa shape index (κ3) is 3.80. The number of nitrogens with zero attached hydrogens (tertiary/aromatic N) is 1. The lowest BCUT2D eigenvalue weighted by Crippen LogP contribution is -2.23. The Kier molecular flexibility index (Phi) is 5.17. The van der Waals surface area contributed by atoms with Gasteiger partial charge in [-0.15, -0.1) is 0 Å². The van der Waals surface area contributed by atoms with Gasteiger partial charge < -0.3 is 5.32 Å². The van der Waals surface area contributed by atoms with E-state index in [-0.39, 0.29) is 28.1 Å². The SMILES string of the molecule is CC(C)=CC1C(C(=O)Nc2cc(S(=O)(=O)N(C)C)ccc2C)C1(C)C. The molecule has 1 amide bonds. The standard InChI is InChI=1S/C19H28N2O3S/c1-12(2)10-15-17(19(15,4)5)18(22)20-16-11-14(9-8-13(16)3)25(23,24)21(6)7/h8-11,15,17H,1-7H3,(H,20,22). The van der Waals surface area contributed by atoms with E-state index in [1.54, 1.807) is 12.1 Å². The van der Waals surface area contributed by atoms with Crippen LogP contribution >= 0.6 is 0 Å². The van der Waals surface area contributed by atoms with Crippen LogP contribution < -0.4 is 5.32 Å². The summed E-state index contributed by atoms with van der Waals surface area (Å²) in [5.41, 5.74) is 2.50. The van der Waals surface area contributed by atoms with Crippen molar-refractivity contribution in [3.8, 4) is 0 Å². The second-order valence-electron chi connectivity index (χ2n) is 7.82. The molecule has 6 heteroatoms. The van der Waals surface area contributed by atoms with Gasteiger partial charge in [0.05, 0.1) is 10.8 Å². The molecule has 1 saturated carbocycles. The molecular weight excluding hydrogens is 336 g/mol. The van der Waals surface area contributed by atoms with Gasteiger partial charge in [-0.1, -0.05) is 31.6 Å². The zero-order valence-corrected chi connectivity index (χ0v) is 16.9. The number of hydrogen-bond donors (Lipinski definition) is 1. The molecule has 0 aliphatic heterocycles. The monoisotopic (exact) mass is 364 g/mol. The Morgan fingerprint density at radius 3 is 2.36 bits per heavy atom. The minimum Gasteiger partial charge on any atom is -0.326 e. The van der Waals surface area contributed by atoms with Gasteiger partial charge in [-0.2, -0.15) is 0 Å². The van der Waals surface area contributed by atoms with Crippen LogP contribution in [0.4, 0.5) is 5.69 Å². The van der Waals surface area contributed by atoms with Gasteiger partial charge in [0.15, 0.2) is 0 Å². The lowest BCUT2D eigenvalue weighted by molar-refractivity contribution is -0.118. The van der Waals surface area contributed by atoms with Gasteiger partial charge in [0.1, 0.15) is 0 Å². The van der Waals surface area contributed by atoms with Crippen LogP contribution in [0.1, 0.15) is 33.3 Å². The molecular formula is C19H28N2O3S. The van der Waals surface area contributed by atoms with Gasteiger partial charge in [-0.25, -0.2) is 12.7 Å². The summed E-state index contributed by atoms with van der Waals surface area (Å²) in [5.74, 6) is 0.0532. The van der Waals surface area contributed by atoms with Crippen LogP contribution in [0.3, 0.4) is 0 Å². The molecule has 1 fully saturated rings. The van der Waals surface area contributed by atoms with E-state index in [1.165, 1.54) is 25.7 Å². The van der Waals surface area contributed by atoms with Crippen LogP contribution in [0.2, 0.25) is 0 Å². The molecule has 2 unspecified atom stereocenters. The number of allylic oxidation sites excluding steroid dienone is 2. The second kappa shape index (κ2) is 6.57. The van der Waals surface area contributed by atoms with E-state index in [0.29, 0.717) is 5.69 Å². The first-order chi connectivity index (χ1) is 11.4. The quantitative estimate of drug-likeness (QED) is 0.814. The van der Waals surface area contributed by atoms with E-state index < -0.39 is 10.0 Å². The van der Waals surface area contributed by atoms with E-state index in [4.69, 9.17) is 0 Å². The maximum Gasteiger partial charge on any atom is 0.242 e. The number of benzene rings is 1.